The molecule has 0 heterocycles. The molecule has 2 aromatic rings. The summed E-state index contributed by atoms with van der Waals surface area (Å²) in [6.07, 6.45) is 4.24. The van der Waals surface area contributed by atoms with Crippen molar-refractivity contribution >= 4 is 11.8 Å². The molecule has 1 fully saturated rings. The molecule has 0 saturated heterocycles. The van der Waals surface area contributed by atoms with Gasteiger partial charge in [-0.3, -0.25) is 9.59 Å². The maximum Gasteiger partial charge on any atom is 0.254 e. The summed E-state index contributed by atoms with van der Waals surface area (Å²) in [5.41, 5.74) is 0.838. The third-order valence-electron chi connectivity index (χ3n) is 5.16. The van der Waals surface area contributed by atoms with Gasteiger partial charge in [0.2, 0.25) is 5.91 Å². The zero-order chi connectivity index (χ0) is 19.3. The number of hydrogen-bond donors (Lipinski definition) is 2. The molecule has 27 heavy (non-hydrogen) atoms. The second-order valence-corrected chi connectivity index (χ2v) is 6.94. The Bertz CT molecular complexity index is 818. The SMILES string of the molecule is O=C(CNC(=O)c1ccc(F)cc1F)NCC1(c2ccccc2)CCCC1. The first-order valence-corrected chi connectivity index (χ1v) is 9.06. The normalized spacial score (nSPS) is 15.3. The van der Waals surface area contributed by atoms with Gasteiger partial charge in [0.05, 0.1) is 12.1 Å². The average molecular weight is 372 g/mol. The molecule has 3 rings (SSSR count). The van der Waals surface area contributed by atoms with Gasteiger partial charge in [0.15, 0.2) is 0 Å². The fourth-order valence-corrected chi connectivity index (χ4v) is 3.67. The molecule has 4 nitrogen and oxygen atoms in total. The number of nitrogens with one attached hydrogen (secondary N) is 2. The second kappa shape index (κ2) is 8.29. The van der Waals surface area contributed by atoms with E-state index < -0.39 is 17.5 Å². The lowest BCUT2D eigenvalue weighted by Crippen LogP contribution is -2.43. The zero-order valence-corrected chi connectivity index (χ0v) is 14.9. The molecular weight excluding hydrogens is 350 g/mol. The van der Waals surface area contributed by atoms with Crippen LogP contribution in [-0.2, 0) is 10.2 Å². The molecular formula is C21H22F2N2O2. The summed E-state index contributed by atoms with van der Waals surface area (Å²) in [5, 5.41) is 5.26. The van der Waals surface area contributed by atoms with Crippen LogP contribution in [0.25, 0.3) is 0 Å². The predicted molar refractivity (Wildman–Crippen MR) is 98.3 cm³/mol. The quantitative estimate of drug-likeness (QED) is 0.817. The van der Waals surface area contributed by atoms with Crippen molar-refractivity contribution in [2.24, 2.45) is 0 Å². The van der Waals surface area contributed by atoms with E-state index in [-0.39, 0.29) is 23.4 Å². The van der Waals surface area contributed by atoms with Gasteiger partial charge in [-0.05, 0) is 30.5 Å². The lowest BCUT2D eigenvalue weighted by atomic mass is 9.79. The number of rotatable bonds is 6. The Morgan fingerprint density at radius 1 is 0.963 bits per heavy atom. The molecule has 142 valence electrons. The van der Waals surface area contributed by atoms with Crippen LogP contribution in [0.15, 0.2) is 48.5 Å². The van der Waals surface area contributed by atoms with Crippen molar-refractivity contribution in [2.45, 2.75) is 31.1 Å². The van der Waals surface area contributed by atoms with Crippen molar-refractivity contribution in [3.05, 3.63) is 71.3 Å². The van der Waals surface area contributed by atoms with Crippen molar-refractivity contribution in [1.29, 1.82) is 0 Å². The molecule has 6 heteroatoms. The van der Waals surface area contributed by atoms with Crippen molar-refractivity contribution < 1.29 is 18.4 Å². The van der Waals surface area contributed by atoms with Gasteiger partial charge in [-0.1, -0.05) is 43.2 Å². The van der Waals surface area contributed by atoms with E-state index in [1.54, 1.807) is 0 Å². The summed E-state index contributed by atoms with van der Waals surface area (Å²) in [7, 11) is 0. The molecule has 0 aliphatic heterocycles. The van der Waals surface area contributed by atoms with Gasteiger partial charge in [-0.15, -0.1) is 0 Å². The van der Waals surface area contributed by atoms with Crippen LogP contribution >= 0.6 is 0 Å². The van der Waals surface area contributed by atoms with E-state index >= 15 is 0 Å². The van der Waals surface area contributed by atoms with E-state index in [1.807, 2.05) is 18.2 Å². The molecule has 0 atom stereocenters. The zero-order valence-electron chi connectivity index (χ0n) is 14.9. The van der Waals surface area contributed by atoms with Gasteiger partial charge in [-0.2, -0.15) is 0 Å². The Labute approximate surface area is 157 Å². The summed E-state index contributed by atoms with van der Waals surface area (Å²) < 4.78 is 26.5. The molecule has 0 aromatic heterocycles. The standard InChI is InChI=1S/C21H22F2N2O2/c22-16-8-9-17(18(23)12-16)20(27)24-13-19(26)25-14-21(10-4-5-11-21)15-6-2-1-3-7-15/h1-3,6-9,12H,4-5,10-11,13-14H2,(H,24,27)(H,25,26). The van der Waals surface area contributed by atoms with Crippen LogP contribution in [0.4, 0.5) is 8.78 Å². The van der Waals surface area contributed by atoms with E-state index in [9.17, 15) is 18.4 Å². The average Bonchev–Trinajstić information content (AvgIpc) is 3.15. The summed E-state index contributed by atoms with van der Waals surface area (Å²) in [6.45, 7) is 0.233. The lowest BCUT2D eigenvalue weighted by Gasteiger charge is -2.30. The minimum Gasteiger partial charge on any atom is -0.354 e. The fourth-order valence-electron chi connectivity index (χ4n) is 3.67. The maximum atomic E-state index is 13.6. The first kappa shape index (κ1) is 19.0. The first-order valence-electron chi connectivity index (χ1n) is 9.06. The molecule has 0 spiro atoms. The molecule has 1 aliphatic rings. The summed E-state index contributed by atoms with van der Waals surface area (Å²) in [6, 6.07) is 12.8. The number of carbonyl (C=O) groups excluding carboxylic acids is 2. The number of benzene rings is 2. The molecule has 2 amide bonds. The van der Waals surface area contributed by atoms with Crippen LogP contribution in [0.3, 0.4) is 0 Å². The largest absolute Gasteiger partial charge is 0.354 e. The Morgan fingerprint density at radius 2 is 1.67 bits per heavy atom. The highest BCUT2D eigenvalue weighted by molar-refractivity contribution is 5.96. The number of amides is 2. The number of carbonyl (C=O) groups is 2. The Kier molecular flexibility index (Phi) is 5.84. The van der Waals surface area contributed by atoms with Gasteiger partial charge in [0.25, 0.3) is 5.91 Å². The predicted octanol–water partition coefficient (Wildman–Crippen LogP) is 3.32. The first-order chi connectivity index (χ1) is 13.0. The Morgan fingerprint density at radius 3 is 2.33 bits per heavy atom. The van der Waals surface area contributed by atoms with Crippen LogP contribution in [0.2, 0.25) is 0 Å². The van der Waals surface area contributed by atoms with Crippen molar-refractivity contribution in [2.75, 3.05) is 13.1 Å². The highest BCUT2D eigenvalue weighted by atomic mass is 19.1. The van der Waals surface area contributed by atoms with Gasteiger partial charge < -0.3 is 10.6 Å². The maximum absolute atomic E-state index is 13.6. The molecule has 2 aromatic carbocycles. The highest BCUT2D eigenvalue weighted by Crippen LogP contribution is 2.40. The molecule has 2 N–H and O–H groups in total. The van der Waals surface area contributed by atoms with Gasteiger partial charge in [-0.25, -0.2) is 8.78 Å². The minimum atomic E-state index is -0.957. The van der Waals surface area contributed by atoms with Crippen molar-refractivity contribution in [1.82, 2.24) is 10.6 Å². The fraction of sp³-hybridized carbons (Fsp3) is 0.333. The molecule has 0 unspecified atom stereocenters. The van der Waals surface area contributed by atoms with Crippen molar-refractivity contribution in [3.63, 3.8) is 0 Å². The van der Waals surface area contributed by atoms with Crippen LogP contribution < -0.4 is 10.6 Å². The third kappa shape index (κ3) is 4.51. The number of halogens is 2. The van der Waals surface area contributed by atoms with E-state index in [1.165, 1.54) is 5.56 Å². The van der Waals surface area contributed by atoms with Crippen molar-refractivity contribution in [3.8, 4) is 0 Å². The van der Waals surface area contributed by atoms with E-state index in [0.717, 1.165) is 37.8 Å². The topological polar surface area (TPSA) is 58.2 Å². The summed E-state index contributed by atoms with van der Waals surface area (Å²) in [5.74, 6) is -2.80. The van der Waals surface area contributed by atoms with Gasteiger partial charge in [0, 0.05) is 18.0 Å². The lowest BCUT2D eigenvalue weighted by molar-refractivity contribution is -0.120. The third-order valence-corrected chi connectivity index (χ3v) is 5.16. The van der Waals surface area contributed by atoms with Gasteiger partial charge >= 0.3 is 0 Å². The minimum absolute atomic E-state index is 0.0794. The van der Waals surface area contributed by atoms with Crippen LogP contribution in [-0.4, -0.2) is 24.9 Å². The van der Waals surface area contributed by atoms with E-state index in [4.69, 9.17) is 0 Å². The molecule has 0 bridgehead atoms. The smallest absolute Gasteiger partial charge is 0.254 e. The Hall–Kier alpha value is -2.76. The van der Waals surface area contributed by atoms with Gasteiger partial charge in [0.1, 0.15) is 11.6 Å². The van der Waals surface area contributed by atoms with E-state index in [0.29, 0.717) is 12.6 Å². The Balaban J connectivity index is 1.55. The monoisotopic (exact) mass is 372 g/mol. The second-order valence-electron chi connectivity index (χ2n) is 6.94. The summed E-state index contributed by atoms with van der Waals surface area (Å²) in [4.78, 5) is 24.1. The van der Waals surface area contributed by atoms with Crippen LogP contribution in [0.5, 0.6) is 0 Å². The number of hydrogen-bond acceptors (Lipinski definition) is 2. The van der Waals surface area contributed by atoms with E-state index in [2.05, 4.69) is 22.8 Å². The molecule has 1 saturated carbocycles. The summed E-state index contributed by atoms with van der Waals surface area (Å²) >= 11 is 0. The molecule has 1 aliphatic carbocycles. The van der Waals surface area contributed by atoms with Crippen LogP contribution in [0.1, 0.15) is 41.6 Å². The highest BCUT2D eigenvalue weighted by Gasteiger charge is 2.35. The molecule has 0 radical (unpaired) electrons. The van der Waals surface area contributed by atoms with Crippen LogP contribution in [0, 0.1) is 11.6 Å².